The van der Waals surface area contributed by atoms with Gasteiger partial charge in [-0.15, -0.1) is 0 Å². The van der Waals surface area contributed by atoms with E-state index in [0.29, 0.717) is 6.29 Å². The molecule has 84 valence electrons. The fourth-order valence-electron chi connectivity index (χ4n) is 1.25. The SMILES string of the molecule is C/C=C(/C=O)N=C(C)c1c(F)cccc1F. The molecule has 16 heavy (non-hydrogen) atoms. The number of hydrogen-bond donors (Lipinski definition) is 0. The van der Waals surface area contributed by atoms with Crippen molar-refractivity contribution in [2.75, 3.05) is 0 Å². The molecule has 0 fully saturated rings. The van der Waals surface area contributed by atoms with Crippen LogP contribution < -0.4 is 0 Å². The van der Waals surface area contributed by atoms with Gasteiger partial charge in [-0.05, 0) is 26.0 Å². The van der Waals surface area contributed by atoms with E-state index in [1.54, 1.807) is 6.92 Å². The molecule has 0 atom stereocenters. The van der Waals surface area contributed by atoms with Crippen LogP contribution in [0.5, 0.6) is 0 Å². The van der Waals surface area contributed by atoms with Crippen LogP contribution in [0.15, 0.2) is 35.0 Å². The topological polar surface area (TPSA) is 29.4 Å². The van der Waals surface area contributed by atoms with Crippen molar-refractivity contribution in [3.05, 3.63) is 47.2 Å². The molecule has 0 aliphatic heterocycles. The first-order chi connectivity index (χ1) is 7.60. The Morgan fingerprint density at radius 2 is 1.88 bits per heavy atom. The van der Waals surface area contributed by atoms with Crippen molar-refractivity contribution in [1.29, 1.82) is 0 Å². The number of aldehydes is 1. The zero-order valence-electron chi connectivity index (χ0n) is 9.00. The maximum atomic E-state index is 13.3. The van der Waals surface area contributed by atoms with Crippen LogP contribution in [0.25, 0.3) is 0 Å². The van der Waals surface area contributed by atoms with Crippen LogP contribution in [0.1, 0.15) is 19.4 Å². The van der Waals surface area contributed by atoms with E-state index in [0.717, 1.165) is 12.1 Å². The van der Waals surface area contributed by atoms with Crippen LogP contribution in [0.4, 0.5) is 8.78 Å². The summed E-state index contributed by atoms with van der Waals surface area (Å²) in [5, 5.41) is 0. The second kappa shape index (κ2) is 5.30. The number of aliphatic imine (C=N–C) groups is 1. The van der Waals surface area contributed by atoms with Gasteiger partial charge in [0.05, 0.1) is 17.0 Å². The number of allylic oxidation sites excluding steroid dienone is 2. The minimum absolute atomic E-state index is 0.135. The van der Waals surface area contributed by atoms with Gasteiger partial charge in [0.15, 0.2) is 6.29 Å². The van der Waals surface area contributed by atoms with Crippen LogP contribution in [-0.4, -0.2) is 12.0 Å². The third-order valence-corrected chi connectivity index (χ3v) is 2.04. The van der Waals surface area contributed by atoms with Crippen molar-refractivity contribution in [3.8, 4) is 0 Å². The van der Waals surface area contributed by atoms with Crippen LogP contribution in [0.3, 0.4) is 0 Å². The van der Waals surface area contributed by atoms with Crippen molar-refractivity contribution >= 4 is 12.0 Å². The summed E-state index contributed by atoms with van der Waals surface area (Å²) in [6, 6.07) is 3.57. The van der Waals surface area contributed by atoms with Crippen molar-refractivity contribution < 1.29 is 13.6 Å². The first-order valence-corrected chi connectivity index (χ1v) is 4.71. The Morgan fingerprint density at radius 1 is 1.31 bits per heavy atom. The summed E-state index contributed by atoms with van der Waals surface area (Å²) in [7, 11) is 0. The van der Waals surface area contributed by atoms with Gasteiger partial charge in [-0.3, -0.25) is 4.79 Å². The molecular weight excluding hydrogens is 212 g/mol. The van der Waals surface area contributed by atoms with Crippen molar-refractivity contribution in [2.24, 2.45) is 4.99 Å². The van der Waals surface area contributed by atoms with Gasteiger partial charge < -0.3 is 0 Å². The van der Waals surface area contributed by atoms with E-state index >= 15 is 0 Å². The Kier molecular flexibility index (Phi) is 4.05. The molecule has 0 aliphatic carbocycles. The molecule has 0 spiro atoms. The zero-order chi connectivity index (χ0) is 12.1. The molecule has 1 aromatic rings. The van der Waals surface area contributed by atoms with Gasteiger partial charge >= 0.3 is 0 Å². The number of benzene rings is 1. The Balaban J connectivity index is 3.24. The van der Waals surface area contributed by atoms with Gasteiger partial charge in [0, 0.05) is 0 Å². The average Bonchev–Trinajstić information content (AvgIpc) is 2.25. The minimum atomic E-state index is -0.692. The number of carbonyl (C=O) groups excluding carboxylic acids is 1. The molecular formula is C12H11F2NO. The fraction of sp³-hybridized carbons (Fsp3) is 0.167. The Labute approximate surface area is 92.3 Å². The first kappa shape index (κ1) is 12.2. The van der Waals surface area contributed by atoms with E-state index in [1.165, 1.54) is 19.1 Å². The lowest BCUT2D eigenvalue weighted by molar-refractivity contribution is -0.104. The Bertz CT molecular complexity index is 444. The fourth-order valence-corrected chi connectivity index (χ4v) is 1.25. The Hall–Kier alpha value is -1.84. The highest BCUT2D eigenvalue weighted by Gasteiger charge is 2.11. The molecule has 0 N–H and O–H groups in total. The van der Waals surface area contributed by atoms with Crippen molar-refractivity contribution in [1.82, 2.24) is 0 Å². The van der Waals surface area contributed by atoms with Gasteiger partial charge in [-0.2, -0.15) is 0 Å². The maximum absolute atomic E-state index is 13.3. The third-order valence-electron chi connectivity index (χ3n) is 2.04. The summed E-state index contributed by atoms with van der Waals surface area (Å²) in [4.78, 5) is 14.3. The van der Waals surface area contributed by atoms with E-state index in [-0.39, 0.29) is 17.0 Å². The van der Waals surface area contributed by atoms with Crippen LogP contribution in [0.2, 0.25) is 0 Å². The second-order valence-corrected chi connectivity index (χ2v) is 3.13. The molecule has 0 unspecified atom stereocenters. The van der Waals surface area contributed by atoms with Gasteiger partial charge in [-0.25, -0.2) is 13.8 Å². The number of nitrogens with zero attached hydrogens (tertiary/aromatic N) is 1. The van der Waals surface area contributed by atoms with E-state index in [4.69, 9.17) is 0 Å². The van der Waals surface area contributed by atoms with E-state index in [9.17, 15) is 13.6 Å². The Morgan fingerprint density at radius 3 is 2.31 bits per heavy atom. The molecule has 0 aliphatic rings. The lowest BCUT2D eigenvalue weighted by Crippen LogP contribution is -2.03. The van der Waals surface area contributed by atoms with E-state index < -0.39 is 11.6 Å². The summed E-state index contributed by atoms with van der Waals surface area (Å²) in [6.45, 7) is 3.08. The summed E-state index contributed by atoms with van der Waals surface area (Å²) in [6.07, 6.45) is 2.00. The first-order valence-electron chi connectivity index (χ1n) is 4.71. The van der Waals surface area contributed by atoms with Gasteiger partial charge in [-0.1, -0.05) is 12.1 Å². The zero-order valence-corrected chi connectivity index (χ0v) is 9.00. The minimum Gasteiger partial charge on any atom is -0.296 e. The second-order valence-electron chi connectivity index (χ2n) is 3.13. The number of halogens is 2. The van der Waals surface area contributed by atoms with Gasteiger partial charge in [0.1, 0.15) is 11.6 Å². The van der Waals surface area contributed by atoms with E-state index in [2.05, 4.69) is 4.99 Å². The smallest absolute Gasteiger partial charge is 0.168 e. The van der Waals surface area contributed by atoms with Gasteiger partial charge in [0.2, 0.25) is 0 Å². The predicted molar refractivity (Wildman–Crippen MR) is 58.4 cm³/mol. The molecule has 0 bridgehead atoms. The summed E-state index contributed by atoms with van der Waals surface area (Å²) < 4.78 is 26.7. The summed E-state index contributed by atoms with van der Waals surface area (Å²) in [5.74, 6) is -1.38. The molecule has 1 aromatic carbocycles. The third kappa shape index (κ3) is 2.59. The normalized spacial score (nSPS) is 12.8. The molecule has 1 rings (SSSR count). The largest absolute Gasteiger partial charge is 0.296 e. The molecule has 0 amide bonds. The predicted octanol–water partition coefficient (Wildman–Crippen LogP) is 2.88. The quantitative estimate of drug-likeness (QED) is 0.440. The van der Waals surface area contributed by atoms with E-state index in [1.807, 2.05) is 0 Å². The molecule has 0 saturated carbocycles. The monoisotopic (exact) mass is 223 g/mol. The van der Waals surface area contributed by atoms with Crippen LogP contribution >= 0.6 is 0 Å². The highest BCUT2D eigenvalue weighted by molar-refractivity contribution is 6.01. The van der Waals surface area contributed by atoms with Crippen molar-refractivity contribution in [2.45, 2.75) is 13.8 Å². The molecule has 0 radical (unpaired) electrons. The molecule has 0 saturated heterocycles. The van der Waals surface area contributed by atoms with Crippen molar-refractivity contribution in [3.63, 3.8) is 0 Å². The number of hydrogen-bond acceptors (Lipinski definition) is 2. The molecule has 4 heteroatoms. The lowest BCUT2D eigenvalue weighted by atomic mass is 10.1. The summed E-state index contributed by atoms with van der Waals surface area (Å²) >= 11 is 0. The van der Waals surface area contributed by atoms with Crippen LogP contribution in [-0.2, 0) is 4.79 Å². The average molecular weight is 223 g/mol. The molecule has 0 aromatic heterocycles. The highest BCUT2D eigenvalue weighted by Crippen LogP contribution is 2.14. The summed E-state index contributed by atoms with van der Waals surface area (Å²) in [5.41, 5.74) is 0.0691. The maximum Gasteiger partial charge on any atom is 0.168 e. The molecule has 0 heterocycles. The highest BCUT2D eigenvalue weighted by atomic mass is 19.1. The number of rotatable bonds is 3. The van der Waals surface area contributed by atoms with Gasteiger partial charge in [0.25, 0.3) is 0 Å². The van der Waals surface area contributed by atoms with Crippen LogP contribution in [0, 0.1) is 11.6 Å². The lowest BCUT2D eigenvalue weighted by Gasteiger charge is -2.03. The standard InChI is InChI=1S/C12H11F2NO/c1-3-9(7-16)15-8(2)12-10(13)5-4-6-11(12)14/h3-7H,1-2H3/b9-3-,15-8?. The molecule has 2 nitrogen and oxygen atoms in total. The number of carbonyl (C=O) groups is 1.